The Bertz CT molecular complexity index is 211. The van der Waals surface area contributed by atoms with E-state index in [1.807, 2.05) is 13.8 Å². The first-order chi connectivity index (χ1) is 6.65. The molecule has 1 saturated carbocycles. The molecular weight excluding hydrogens is 178 g/mol. The van der Waals surface area contributed by atoms with Crippen molar-refractivity contribution in [2.24, 2.45) is 11.3 Å². The lowest BCUT2D eigenvalue weighted by atomic mass is 9.88. The van der Waals surface area contributed by atoms with Gasteiger partial charge in [0.25, 0.3) is 0 Å². The molecular formula is C11H21NO2. The first-order valence-corrected chi connectivity index (χ1v) is 5.57. The molecule has 2 rings (SSSR count). The first-order valence-electron chi connectivity index (χ1n) is 5.57. The average molecular weight is 199 g/mol. The molecule has 2 aliphatic rings. The monoisotopic (exact) mass is 199 g/mol. The normalized spacial score (nSPS) is 29.2. The van der Waals surface area contributed by atoms with Gasteiger partial charge in [0.1, 0.15) is 0 Å². The van der Waals surface area contributed by atoms with E-state index < -0.39 is 5.97 Å². The molecule has 0 amide bonds. The van der Waals surface area contributed by atoms with Crippen molar-refractivity contribution >= 4 is 5.97 Å². The lowest BCUT2D eigenvalue weighted by Gasteiger charge is -2.17. The zero-order valence-electron chi connectivity index (χ0n) is 9.42. The fourth-order valence-electron chi connectivity index (χ4n) is 2.32. The van der Waals surface area contributed by atoms with Crippen LogP contribution in [0.2, 0.25) is 0 Å². The summed E-state index contributed by atoms with van der Waals surface area (Å²) in [6.45, 7) is 6.05. The van der Waals surface area contributed by atoms with E-state index in [-0.39, 0.29) is 5.41 Å². The summed E-state index contributed by atoms with van der Waals surface area (Å²) in [6.07, 6.45) is 2.88. The topological polar surface area (TPSA) is 40.5 Å². The van der Waals surface area contributed by atoms with Crippen LogP contribution in [0.15, 0.2) is 0 Å². The van der Waals surface area contributed by atoms with Crippen LogP contribution in [0.25, 0.3) is 0 Å². The second-order valence-electron chi connectivity index (χ2n) is 4.21. The van der Waals surface area contributed by atoms with Crippen LogP contribution in [0, 0.1) is 11.3 Å². The first kappa shape index (κ1) is 11.5. The Hall–Kier alpha value is -0.570. The molecule has 1 saturated heterocycles. The summed E-state index contributed by atoms with van der Waals surface area (Å²) in [6, 6.07) is 0. The van der Waals surface area contributed by atoms with Crippen molar-refractivity contribution in [2.75, 3.05) is 20.1 Å². The lowest BCUT2D eigenvalue weighted by Crippen LogP contribution is -2.27. The quantitative estimate of drug-likeness (QED) is 0.737. The van der Waals surface area contributed by atoms with E-state index in [9.17, 15) is 4.79 Å². The number of likely N-dealkylation sites (tertiary alicyclic amines) is 1. The van der Waals surface area contributed by atoms with Crippen molar-refractivity contribution in [3.8, 4) is 0 Å². The van der Waals surface area contributed by atoms with Gasteiger partial charge in [0.05, 0.1) is 5.41 Å². The van der Waals surface area contributed by atoms with Crippen LogP contribution in [0.1, 0.15) is 33.1 Å². The molecule has 1 heterocycles. The lowest BCUT2D eigenvalue weighted by molar-refractivity contribution is -0.145. The van der Waals surface area contributed by atoms with Crippen molar-refractivity contribution < 1.29 is 9.90 Å². The average Bonchev–Trinajstić information content (AvgIpc) is 2.89. The fraction of sp³-hybridized carbons (Fsp3) is 0.909. The summed E-state index contributed by atoms with van der Waals surface area (Å²) in [7, 11) is 2.07. The standard InChI is InChI=1S/C9H15NO2.C2H6/c1-10-5-2-7(6-10)9(3-4-9)8(11)12;1-2/h7H,2-6H2,1H3,(H,11,12);1-2H3. The van der Waals surface area contributed by atoms with Crippen LogP contribution >= 0.6 is 0 Å². The van der Waals surface area contributed by atoms with Gasteiger partial charge in [0, 0.05) is 6.54 Å². The zero-order valence-corrected chi connectivity index (χ0v) is 9.42. The third-order valence-electron chi connectivity index (χ3n) is 3.39. The molecule has 1 N–H and O–H groups in total. The third-order valence-corrected chi connectivity index (χ3v) is 3.39. The van der Waals surface area contributed by atoms with Crippen LogP contribution in [0.3, 0.4) is 0 Å². The summed E-state index contributed by atoms with van der Waals surface area (Å²) in [5, 5.41) is 9.03. The number of rotatable bonds is 2. The van der Waals surface area contributed by atoms with Gasteiger partial charge < -0.3 is 10.0 Å². The molecule has 14 heavy (non-hydrogen) atoms. The molecule has 2 fully saturated rings. The summed E-state index contributed by atoms with van der Waals surface area (Å²) < 4.78 is 0. The molecule has 3 nitrogen and oxygen atoms in total. The van der Waals surface area contributed by atoms with Crippen molar-refractivity contribution in [3.63, 3.8) is 0 Å². The Kier molecular flexibility index (Phi) is 3.53. The minimum absolute atomic E-state index is 0.315. The number of carboxylic acid groups (broad SMARTS) is 1. The number of hydrogen-bond donors (Lipinski definition) is 1. The molecule has 0 aromatic heterocycles. The van der Waals surface area contributed by atoms with Gasteiger partial charge in [-0.15, -0.1) is 0 Å². The summed E-state index contributed by atoms with van der Waals surface area (Å²) >= 11 is 0. The van der Waals surface area contributed by atoms with Crippen LogP contribution in [-0.4, -0.2) is 36.1 Å². The highest BCUT2D eigenvalue weighted by Gasteiger charge is 2.56. The van der Waals surface area contributed by atoms with Gasteiger partial charge in [-0.2, -0.15) is 0 Å². The van der Waals surface area contributed by atoms with Crippen LogP contribution < -0.4 is 0 Å². The summed E-state index contributed by atoms with van der Waals surface area (Å²) in [5.41, 5.74) is -0.315. The van der Waals surface area contributed by atoms with Crippen molar-refractivity contribution in [1.29, 1.82) is 0 Å². The minimum atomic E-state index is -0.567. The Morgan fingerprint density at radius 1 is 1.43 bits per heavy atom. The summed E-state index contributed by atoms with van der Waals surface area (Å²) in [4.78, 5) is 13.2. The van der Waals surface area contributed by atoms with Gasteiger partial charge in [-0.05, 0) is 38.8 Å². The molecule has 0 radical (unpaired) electrons. The predicted octanol–water partition coefficient (Wildman–Crippen LogP) is 1.83. The van der Waals surface area contributed by atoms with E-state index in [1.165, 1.54) is 0 Å². The SMILES string of the molecule is CC.CN1CCC(C2(C(=O)O)CC2)C1. The van der Waals surface area contributed by atoms with Crippen molar-refractivity contribution in [3.05, 3.63) is 0 Å². The van der Waals surface area contributed by atoms with E-state index in [4.69, 9.17) is 5.11 Å². The molecule has 1 aliphatic carbocycles. The number of hydrogen-bond acceptors (Lipinski definition) is 2. The number of nitrogens with zero attached hydrogens (tertiary/aromatic N) is 1. The molecule has 1 aliphatic heterocycles. The molecule has 3 heteroatoms. The van der Waals surface area contributed by atoms with Crippen LogP contribution in [-0.2, 0) is 4.79 Å². The predicted molar refractivity (Wildman–Crippen MR) is 56.3 cm³/mol. The van der Waals surface area contributed by atoms with E-state index in [2.05, 4.69) is 11.9 Å². The van der Waals surface area contributed by atoms with E-state index in [0.29, 0.717) is 5.92 Å². The van der Waals surface area contributed by atoms with Crippen molar-refractivity contribution in [1.82, 2.24) is 4.90 Å². The van der Waals surface area contributed by atoms with Gasteiger partial charge in [0.2, 0.25) is 0 Å². The van der Waals surface area contributed by atoms with Gasteiger partial charge in [-0.1, -0.05) is 13.8 Å². The highest BCUT2D eigenvalue weighted by Crippen LogP contribution is 2.54. The fourth-order valence-corrected chi connectivity index (χ4v) is 2.32. The molecule has 1 unspecified atom stereocenters. The number of carboxylic acids is 1. The maximum absolute atomic E-state index is 11.0. The second-order valence-corrected chi connectivity index (χ2v) is 4.21. The molecule has 0 aromatic carbocycles. The minimum Gasteiger partial charge on any atom is -0.481 e. The maximum Gasteiger partial charge on any atom is 0.309 e. The van der Waals surface area contributed by atoms with Crippen molar-refractivity contribution in [2.45, 2.75) is 33.1 Å². The highest BCUT2D eigenvalue weighted by atomic mass is 16.4. The Morgan fingerprint density at radius 2 is 2.00 bits per heavy atom. The molecule has 0 bridgehead atoms. The van der Waals surface area contributed by atoms with Crippen LogP contribution in [0.5, 0.6) is 0 Å². The molecule has 0 aromatic rings. The Balaban J connectivity index is 0.000000461. The van der Waals surface area contributed by atoms with E-state index in [0.717, 1.165) is 32.4 Å². The largest absolute Gasteiger partial charge is 0.481 e. The third kappa shape index (κ3) is 1.92. The zero-order chi connectivity index (χ0) is 10.8. The van der Waals surface area contributed by atoms with E-state index >= 15 is 0 Å². The molecule has 82 valence electrons. The van der Waals surface area contributed by atoms with Gasteiger partial charge in [-0.25, -0.2) is 0 Å². The van der Waals surface area contributed by atoms with Crippen LogP contribution in [0.4, 0.5) is 0 Å². The number of aliphatic carboxylic acids is 1. The Morgan fingerprint density at radius 3 is 2.29 bits per heavy atom. The number of carbonyl (C=O) groups is 1. The second kappa shape index (κ2) is 4.30. The van der Waals surface area contributed by atoms with E-state index in [1.54, 1.807) is 0 Å². The summed E-state index contributed by atoms with van der Waals surface area (Å²) in [5.74, 6) is -0.150. The highest BCUT2D eigenvalue weighted by molar-refractivity contribution is 5.78. The Labute approximate surface area is 86.1 Å². The maximum atomic E-state index is 11.0. The smallest absolute Gasteiger partial charge is 0.309 e. The molecule has 0 spiro atoms. The van der Waals surface area contributed by atoms with Gasteiger partial charge >= 0.3 is 5.97 Å². The van der Waals surface area contributed by atoms with Gasteiger partial charge in [-0.3, -0.25) is 4.79 Å². The van der Waals surface area contributed by atoms with Gasteiger partial charge in [0.15, 0.2) is 0 Å². The molecule has 1 atom stereocenters.